The molecule has 7 heteroatoms. The van der Waals surface area contributed by atoms with Crippen LogP contribution in [-0.2, 0) is 10.2 Å². The minimum atomic E-state index is -4.95. The second-order valence-electron chi connectivity index (χ2n) is 6.81. The van der Waals surface area contributed by atoms with E-state index in [1.807, 2.05) is 12.1 Å². The molecule has 4 nitrogen and oxygen atoms in total. The van der Waals surface area contributed by atoms with E-state index in [0.29, 0.717) is 11.3 Å². The van der Waals surface area contributed by atoms with Crippen LogP contribution in [0.4, 0.5) is 24.5 Å². The van der Waals surface area contributed by atoms with E-state index in [1.165, 1.54) is 24.3 Å². The van der Waals surface area contributed by atoms with Gasteiger partial charge in [0.05, 0.1) is 0 Å². The Balaban J connectivity index is 2.02. The zero-order valence-corrected chi connectivity index (χ0v) is 14.6. The van der Waals surface area contributed by atoms with Gasteiger partial charge in [-0.25, -0.2) is 0 Å². The van der Waals surface area contributed by atoms with Gasteiger partial charge in [0.25, 0.3) is 5.91 Å². The average Bonchev–Trinajstić information content (AvgIpc) is 2.55. The first kappa shape index (κ1) is 19.5. The molecule has 0 aliphatic carbocycles. The normalized spacial score (nSPS) is 11.8. The number of carbonyl (C=O) groups excluding carboxylic acids is 2. The summed E-state index contributed by atoms with van der Waals surface area (Å²) in [5, 5.41) is 4.39. The Morgan fingerprint density at radius 3 is 1.65 bits per heavy atom. The predicted molar refractivity (Wildman–Crippen MR) is 94.2 cm³/mol. The summed E-state index contributed by atoms with van der Waals surface area (Å²) in [6, 6.07) is 12.6. The Hall–Kier alpha value is -2.83. The van der Waals surface area contributed by atoms with E-state index in [9.17, 15) is 22.8 Å². The van der Waals surface area contributed by atoms with E-state index >= 15 is 0 Å². The van der Waals surface area contributed by atoms with Crippen LogP contribution in [-0.4, -0.2) is 18.0 Å². The van der Waals surface area contributed by atoms with Crippen LogP contribution >= 0.6 is 0 Å². The van der Waals surface area contributed by atoms with Crippen molar-refractivity contribution >= 4 is 23.2 Å². The van der Waals surface area contributed by atoms with Gasteiger partial charge in [0.2, 0.25) is 0 Å². The number of hydrogen-bond acceptors (Lipinski definition) is 2. The minimum Gasteiger partial charge on any atom is -0.322 e. The summed E-state index contributed by atoms with van der Waals surface area (Å²) >= 11 is 0. The van der Waals surface area contributed by atoms with Gasteiger partial charge in [0.15, 0.2) is 0 Å². The number of amides is 2. The molecule has 0 atom stereocenters. The van der Waals surface area contributed by atoms with Crippen LogP contribution in [0.25, 0.3) is 0 Å². The zero-order chi connectivity index (χ0) is 19.5. The van der Waals surface area contributed by atoms with E-state index in [1.54, 1.807) is 17.4 Å². The van der Waals surface area contributed by atoms with Crippen LogP contribution in [0, 0.1) is 0 Å². The van der Waals surface area contributed by atoms with Crippen molar-refractivity contribution in [2.24, 2.45) is 0 Å². The molecule has 0 heterocycles. The molecule has 2 rings (SSSR count). The maximum Gasteiger partial charge on any atom is 0.471 e. The van der Waals surface area contributed by atoms with Crippen molar-refractivity contribution in [1.82, 2.24) is 0 Å². The van der Waals surface area contributed by atoms with Crippen molar-refractivity contribution in [2.45, 2.75) is 32.4 Å². The number of carbonyl (C=O) groups is 2. The second kappa shape index (κ2) is 7.19. The molecule has 2 N–H and O–H groups in total. The lowest BCUT2D eigenvalue weighted by molar-refractivity contribution is -0.167. The average molecular weight is 364 g/mol. The number of rotatable bonds is 3. The third-order valence-corrected chi connectivity index (χ3v) is 3.67. The SMILES string of the molecule is CC(C)(C)c1ccc(C(=O)Nc2ccc(NC(=O)C(F)(F)F)cc2)cc1. The van der Waals surface area contributed by atoms with Gasteiger partial charge < -0.3 is 10.6 Å². The topological polar surface area (TPSA) is 58.2 Å². The standard InChI is InChI=1S/C19H19F3N2O2/c1-18(2,3)13-6-4-12(5-7-13)16(25)23-14-8-10-15(11-9-14)24-17(26)19(20,21)22/h4-11H,1-3H3,(H,23,25)(H,24,26). The first-order chi connectivity index (χ1) is 12.0. The number of benzene rings is 2. The van der Waals surface area contributed by atoms with E-state index in [0.717, 1.165) is 5.56 Å². The molecule has 0 unspecified atom stereocenters. The van der Waals surface area contributed by atoms with E-state index in [2.05, 4.69) is 26.1 Å². The molecule has 0 radical (unpaired) electrons. The molecule has 2 aromatic rings. The summed E-state index contributed by atoms with van der Waals surface area (Å²) in [6.07, 6.45) is -4.95. The zero-order valence-electron chi connectivity index (χ0n) is 14.6. The molecule has 0 saturated carbocycles. The number of anilines is 2. The molecular formula is C19H19F3N2O2. The van der Waals surface area contributed by atoms with Gasteiger partial charge in [0, 0.05) is 16.9 Å². The molecule has 0 aromatic heterocycles. The Morgan fingerprint density at radius 1 is 0.769 bits per heavy atom. The predicted octanol–water partition coefficient (Wildman–Crippen LogP) is 4.74. The van der Waals surface area contributed by atoms with E-state index in [-0.39, 0.29) is 17.0 Å². The van der Waals surface area contributed by atoms with Crippen LogP contribution in [0.5, 0.6) is 0 Å². The van der Waals surface area contributed by atoms with E-state index < -0.39 is 12.1 Å². The summed E-state index contributed by atoms with van der Waals surface area (Å²) in [7, 11) is 0. The number of nitrogens with one attached hydrogen (secondary N) is 2. The lowest BCUT2D eigenvalue weighted by Gasteiger charge is -2.19. The van der Waals surface area contributed by atoms with Crippen molar-refractivity contribution in [2.75, 3.05) is 10.6 Å². The van der Waals surface area contributed by atoms with Crippen molar-refractivity contribution in [3.63, 3.8) is 0 Å². The fourth-order valence-corrected chi connectivity index (χ4v) is 2.16. The Kier molecular flexibility index (Phi) is 5.39. The van der Waals surface area contributed by atoms with Gasteiger partial charge in [0.1, 0.15) is 0 Å². The van der Waals surface area contributed by atoms with Gasteiger partial charge >= 0.3 is 12.1 Å². The number of hydrogen-bond donors (Lipinski definition) is 2. The lowest BCUT2D eigenvalue weighted by Crippen LogP contribution is -2.29. The van der Waals surface area contributed by atoms with Gasteiger partial charge in [-0.3, -0.25) is 9.59 Å². The summed E-state index contributed by atoms with van der Waals surface area (Å²) < 4.78 is 36.6. The van der Waals surface area contributed by atoms with Gasteiger partial charge in [-0.15, -0.1) is 0 Å². The monoisotopic (exact) mass is 364 g/mol. The highest BCUT2D eigenvalue weighted by Gasteiger charge is 2.38. The maximum absolute atomic E-state index is 12.2. The van der Waals surface area contributed by atoms with Crippen LogP contribution in [0.2, 0.25) is 0 Å². The first-order valence-corrected chi connectivity index (χ1v) is 7.87. The number of halogens is 3. The van der Waals surface area contributed by atoms with Crippen molar-refractivity contribution in [3.8, 4) is 0 Å². The summed E-state index contributed by atoms with van der Waals surface area (Å²) in [5.74, 6) is -2.38. The molecule has 0 aliphatic heterocycles. The Morgan fingerprint density at radius 2 is 1.23 bits per heavy atom. The van der Waals surface area contributed by atoms with Crippen LogP contribution < -0.4 is 10.6 Å². The van der Waals surface area contributed by atoms with Crippen molar-refractivity contribution in [3.05, 3.63) is 59.7 Å². The number of alkyl halides is 3. The smallest absolute Gasteiger partial charge is 0.322 e. The van der Waals surface area contributed by atoms with E-state index in [4.69, 9.17) is 0 Å². The fourth-order valence-electron chi connectivity index (χ4n) is 2.16. The third kappa shape index (κ3) is 5.08. The summed E-state index contributed by atoms with van der Waals surface area (Å²) in [5.41, 5.74) is 1.93. The summed E-state index contributed by atoms with van der Waals surface area (Å²) in [6.45, 7) is 6.21. The molecule has 0 spiro atoms. The van der Waals surface area contributed by atoms with Crippen LogP contribution in [0.15, 0.2) is 48.5 Å². The quantitative estimate of drug-likeness (QED) is 0.827. The minimum absolute atomic E-state index is 0.0140. The van der Waals surface area contributed by atoms with Crippen LogP contribution in [0.3, 0.4) is 0 Å². The fraction of sp³-hybridized carbons (Fsp3) is 0.263. The van der Waals surface area contributed by atoms with Crippen molar-refractivity contribution < 1.29 is 22.8 Å². The van der Waals surface area contributed by atoms with Gasteiger partial charge in [-0.2, -0.15) is 13.2 Å². The molecule has 0 fully saturated rings. The Labute approximate surface area is 149 Å². The third-order valence-electron chi connectivity index (χ3n) is 3.67. The highest BCUT2D eigenvalue weighted by molar-refractivity contribution is 6.04. The molecule has 2 amide bonds. The maximum atomic E-state index is 12.2. The Bertz CT molecular complexity index is 790. The molecular weight excluding hydrogens is 345 g/mol. The van der Waals surface area contributed by atoms with Gasteiger partial charge in [-0.05, 0) is 47.4 Å². The highest BCUT2D eigenvalue weighted by Crippen LogP contribution is 2.23. The van der Waals surface area contributed by atoms with Crippen molar-refractivity contribution in [1.29, 1.82) is 0 Å². The van der Waals surface area contributed by atoms with Crippen LogP contribution in [0.1, 0.15) is 36.7 Å². The largest absolute Gasteiger partial charge is 0.471 e. The van der Waals surface area contributed by atoms with Gasteiger partial charge in [-0.1, -0.05) is 32.9 Å². The molecule has 0 saturated heterocycles. The first-order valence-electron chi connectivity index (χ1n) is 7.87. The second-order valence-corrected chi connectivity index (χ2v) is 6.81. The molecule has 0 bridgehead atoms. The summed E-state index contributed by atoms with van der Waals surface area (Å²) in [4.78, 5) is 23.1. The molecule has 2 aromatic carbocycles. The lowest BCUT2D eigenvalue weighted by atomic mass is 9.87. The molecule has 26 heavy (non-hydrogen) atoms. The molecule has 138 valence electrons. The molecule has 0 aliphatic rings. The highest BCUT2D eigenvalue weighted by atomic mass is 19.4.